The first-order valence-electron chi connectivity index (χ1n) is 10.7. The summed E-state index contributed by atoms with van der Waals surface area (Å²) in [5.41, 5.74) is 1.72. The fraction of sp³-hybridized carbons (Fsp3) is 0.364. The van der Waals surface area contributed by atoms with Crippen LogP contribution in [0.4, 0.5) is 16.5 Å². The SMILES string of the molecule is O=C(c1ccc(N2CCOCC2)c([N+](=O)[O-])c1)N1CCN(c2nc3ccc(Cl)cc3s2)CC1. The Kier molecular flexibility index (Phi) is 6.05. The van der Waals surface area contributed by atoms with E-state index >= 15 is 0 Å². The highest BCUT2D eigenvalue weighted by molar-refractivity contribution is 7.22. The minimum Gasteiger partial charge on any atom is -0.378 e. The average Bonchev–Trinajstić information content (AvgIpc) is 3.27. The van der Waals surface area contributed by atoms with Gasteiger partial charge in [0.25, 0.3) is 11.6 Å². The number of benzene rings is 2. The number of halogens is 1. The molecular weight excluding hydrogens is 466 g/mol. The first-order chi connectivity index (χ1) is 16.0. The number of amides is 1. The second-order valence-electron chi connectivity index (χ2n) is 7.95. The number of anilines is 2. The van der Waals surface area contributed by atoms with Crippen molar-refractivity contribution >= 4 is 55.6 Å². The van der Waals surface area contributed by atoms with Crippen molar-refractivity contribution in [2.75, 3.05) is 62.3 Å². The van der Waals surface area contributed by atoms with E-state index in [4.69, 9.17) is 16.3 Å². The molecule has 2 saturated heterocycles. The number of hydrogen-bond donors (Lipinski definition) is 0. The molecule has 11 heteroatoms. The third kappa shape index (κ3) is 4.46. The van der Waals surface area contributed by atoms with E-state index in [0.29, 0.717) is 68.8 Å². The molecule has 0 radical (unpaired) electrons. The van der Waals surface area contributed by atoms with Gasteiger partial charge in [0.2, 0.25) is 0 Å². The first kappa shape index (κ1) is 21.9. The zero-order valence-corrected chi connectivity index (χ0v) is 19.3. The molecule has 2 fully saturated rings. The van der Waals surface area contributed by atoms with Crippen LogP contribution in [-0.4, -0.2) is 73.2 Å². The number of carbonyl (C=O) groups excluding carboxylic acids is 1. The molecule has 0 aliphatic carbocycles. The van der Waals surface area contributed by atoms with E-state index in [9.17, 15) is 14.9 Å². The van der Waals surface area contributed by atoms with Crippen LogP contribution in [0, 0.1) is 10.1 Å². The summed E-state index contributed by atoms with van der Waals surface area (Å²) in [5, 5.41) is 13.3. The zero-order chi connectivity index (χ0) is 22.9. The van der Waals surface area contributed by atoms with Gasteiger partial charge in [0.1, 0.15) is 5.69 Å². The van der Waals surface area contributed by atoms with E-state index in [-0.39, 0.29) is 11.6 Å². The van der Waals surface area contributed by atoms with E-state index in [2.05, 4.69) is 9.88 Å². The van der Waals surface area contributed by atoms with Gasteiger partial charge in [0, 0.05) is 55.9 Å². The number of thiazole rings is 1. The molecule has 9 nitrogen and oxygen atoms in total. The zero-order valence-electron chi connectivity index (χ0n) is 17.8. The number of ether oxygens (including phenoxy) is 1. The predicted molar refractivity (Wildman–Crippen MR) is 129 cm³/mol. The van der Waals surface area contributed by atoms with Crippen molar-refractivity contribution in [1.29, 1.82) is 0 Å². The second-order valence-corrected chi connectivity index (χ2v) is 9.39. The third-order valence-corrected chi connectivity index (χ3v) is 7.26. The number of nitro benzene ring substituents is 1. The number of morpholine rings is 1. The van der Waals surface area contributed by atoms with Gasteiger partial charge in [-0.3, -0.25) is 14.9 Å². The largest absolute Gasteiger partial charge is 0.378 e. The van der Waals surface area contributed by atoms with Gasteiger partial charge in [0.05, 0.1) is 28.4 Å². The molecule has 0 saturated carbocycles. The lowest BCUT2D eigenvalue weighted by Crippen LogP contribution is -2.48. The number of rotatable bonds is 4. The van der Waals surface area contributed by atoms with Gasteiger partial charge in [-0.2, -0.15) is 0 Å². The predicted octanol–water partition coefficient (Wildman–Crippen LogP) is 3.66. The summed E-state index contributed by atoms with van der Waals surface area (Å²) in [6, 6.07) is 10.4. The Labute approximate surface area is 199 Å². The van der Waals surface area contributed by atoms with Crippen molar-refractivity contribution < 1.29 is 14.5 Å². The maximum Gasteiger partial charge on any atom is 0.293 e. The van der Waals surface area contributed by atoms with Crippen LogP contribution in [0.25, 0.3) is 10.2 Å². The highest BCUT2D eigenvalue weighted by Crippen LogP contribution is 2.32. The Bertz CT molecular complexity index is 1200. The molecule has 0 atom stereocenters. The monoisotopic (exact) mass is 487 g/mol. The van der Waals surface area contributed by atoms with Crippen molar-refractivity contribution in [1.82, 2.24) is 9.88 Å². The summed E-state index contributed by atoms with van der Waals surface area (Å²) in [6.45, 7) is 4.58. The Morgan fingerprint density at radius 2 is 1.79 bits per heavy atom. The number of nitro groups is 1. The van der Waals surface area contributed by atoms with Crippen LogP contribution >= 0.6 is 22.9 Å². The minimum absolute atomic E-state index is 0.0467. The summed E-state index contributed by atoms with van der Waals surface area (Å²) >= 11 is 7.66. The molecule has 172 valence electrons. The molecule has 2 aliphatic heterocycles. The molecule has 3 heterocycles. The Hall–Kier alpha value is -2.95. The van der Waals surface area contributed by atoms with Crippen LogP contribution in [0.15, 0.2) is 36.4 Å². The van der Waals surface area contributed by atoms with E-state index in [1.165, 1.54) is 6.07 Å². The molecule has 3 aromatic rings. The van der Waals surface area contributed by atoms with Gasteiger partial charge in [-0.15, -0.1) is 0 Å². The lowest BCUT2D eigenvalue weighted by molar-refractivity contribution is -0.384. The van der Waals surface area contributed by atoms with Crippen molar-refractivity contribution in [3.63, 3.8) is 0 Å². The molecule has 2 aliphatic rings. The summed E-state index contributed by atoms with van der Waals surface area (Å²) in [6.07, 6.45) is 0. The number of piperazine rings is 1. The number of aromatic nitrogens is 1. The molecule has 1 aromatic heterocycles. The number of nitrogens with zero attached hydrogens (tertiary/aromatic N) is 5. The van der Waals surface area contributed by atoms with Crippen LogP contribution in [0.2, 0.25) is 5.02 Å². The lowest BCUT2D eigenvalue weighted by atomic mass is 10.1. The standard InChI is InChI=1S/C22H22ClN5O4S/c23-16-2-3-17-20(14-16)33-22(24-17)27-7-5-26(6-8-27)21(29)15-1-4-18(19(13-15)28(30)31)25-9-11-32-12-10-25/h1-4,13-14H,5-12H2. The summed E-state index contributed by atoms with van der Waals surface area (Å²) in [4.78, 5) is 34.9. The quantitative estimate of drug-likeness (QED) is 0.409. The Balaban J connectivity index is 1.29. The van der Waals surface area contributed by atoms with Crippen LogP contribution in [-0.2, 0) is 4.74 Å². The van der Waals surface area contributed by atoms with Crippen LogP contribution in [0.5, 0.6) is 0 Å². The Morgan fingerprint density at radius 3 is 2.52 bits per heavy atom. The molecular formula is C22H22ClN5O4S. The molecule has 2 aromatic carbocycles. The fourth-order valence-corrected chi connectivity index (χ4v) is 5.47. The average molecular weight is 488 g/mol. The summed E-state index contributed by atoms with van der Waals surface area (Å²) in [5.74, 6) is -0.192. The van der Waals surface area contributed by atoms with E-state index in [0.717, 1.165) is 15.3 Å². The molecule has 0 unspecified atom stereocenters. The van der Waals surface area contributed by atoms with Gasteiger partial charge in [-0.1, -0.05) is 22.9 Å². The smallest absolute Gasteiger partial charge is 0.293 e. The maximum absolute atomic E-state index is 13.1. The first-order valence-corrected chi connectivity index (χ1v) is 11.9. The Morgan fingerprint density at radius 1 is 1.03 bits per heavy atom. The second kappa shape index (κ2) is 9.12. The third-order valence-electron chi connectivity index (χ3n) is 5.95. The minimum atomic E-state index is -0.418. The van der Waals surface area contributed by atoms with E-state index in [1.54, 1.807) is 28.4 Å². The van der Waals surface area contributed by atoms with E-state index < -0.39 is 4.92 Å². The van der Waals surface area contributed by atoms with Gasteiger partial charge in [-0.05, 0) is 30.3 Å². The van der Waals surface area contributed by atoms with Gasteiger partial charge >= 0.3 is 0 Å². The molecule has 0 N–H and O–H groups in total. The van der Waals surface area contributed by atoms with Crippen molar-refractivity contribution in [2.24, 2.45) is 0 Å². The number of fused-ring (bicyclic) bond motifs is 1. The maximum atomic E-state index is 13.1. The lowest BCUT2D eigenvalue weighted by Gasteiger charge is -2.34. The highest BCUT2D eigenvalue weighted by Gasteiger charge is 2.27. The molecule has 0 bridgehead atoms. The number of hydrogen-bond acceptors (Lipinski definition) is 8. The topological polar surface area (TPSA) is 92.0 Å². The molecule has 33 heavy (non-hydrogen) atoms. The molecule has 0 spiro atoms. The normalized spacial score (nSPS) is 16.9. The summed E-state index contributed by atoms with van der Waals surface area (Å²) < 4.78 is 6.37. The molecule has 1 amide bonds. The van der Waals surface area contributed by atoms with Gasteiger partial charge in [-0.25, -0.2) is 4.98 Å². The van der Waals surface area contributed by atoms with Crippen LogP contribution in [0.3, 0.4) is 0 Å². The van der Waals surface area contributed by atoms with Gasteiger partial charge < -0.3 is 19.4 Å². The summed E-state index contributed by atoms with van der Waals surface area (Å²) in [7, 11) is 0. The van der Waals surface area contributed by atoms with Crippen LogP contribution in [0.1, 0.15) is 10.4 Å². The van der Waals surface area contributed by atoms with Crippen molar-refractivity contribution in [3.05, 3.63) is 57.1 Å². The fourth-order valence-electron chi connectivity index (χ4n) is 4.18. The van der Waals surface area contributed by atoms with Crippen molar-refractivity contribution in [2.45, 2.75) is 0 Å². The van der Waals surface area contributed by atoms with Crippen LogP contribution < -0.4 is 9.80 Å². The highest BCUT2D eigenvalue weighted by atomic mass is 35.5. The molecule has 5 rings (SSSR count). The van der Waals surface area contributed by atoms with E-state index in [1.807, 2.05) is 23.1 Å². The van der Waals surface area contributed by atoms with Gasteiger partial charge in [0.15, 0.2) is 5.13 Å². The van der Waals surface area contributed by atoms with Crippen molar-refractivity contribution in [3.8, 4) is 0 Å². The number of carbonyl (C=O) groups is 1.